The topological polar surface area (TPSA) is 61.9 Å². The molecule has 0 unspecified atom stereocenters. The summed E-state index contributed by atoms with van der Waals surface area (Å²) in [6.07, 6.45) is 1.68. The van der Waals surface area contributed by atoms with E-state index in [0.717, 1.165) is 19.4 Å². The van der Waals surface area contributed by atoms with Crippen molar-refractivity contribution in [3.63, 3.8) is 0 Å². The summed E-state index contributed by atoms with van der Waals surface area (Å²) < 4.78 is 4.94. The van der Waals surface area contributed by atoms with Crippen LogP contribution in [-0.4, -0.2) is 68.6 Å². The predicted molar refractivity (Wildman–Crippen MR) is 92.6 cm³/mol. The molecule has 6 nitrogen and oxygen atoms in total. The summed E-state index contributed by atoms with van der Waals surface area (Å²) in [5.74, 6) is 0.00424. The van der Waals surface area contributed by atoms with Crippen molar-refractivity contribution in [1.82, 2.24) is 15.1 Å². The van der Waals surface area contributed by atoms with Crippen LogP contribution in [0.1, 0.15) is 17.5 Å². The van der Waals surface area contributed by atoms with E-state index < -0.39 is 0 Å². The van der Waals surface area contributed by atoms with E-state index in [1.807, 2.05) is 17.0 Å². The minimum absolute atomic E-state index is 0.0645. The zero-order valence-corrected chi connectivity index (χ0v) is 14.6. The lowest BCUT2D eigenvalue weighted by atomic mass is 10.00. The Morgan fingerprint density at radius 2 is 2.00 bits per heavy atom. The van der Waals surface area contributed by atoms with Crippen LogP contribution in [0.5, 0.6) is 0 Å². The van der Waals surface area contributed by atoms with E-state index in [1.165, 1.54) is 11.1 Å². The maximum atomic E-state index is 12.4. The Morgan fingerprint density at radius 1 is 1.25 bits per heavy atom. The molecule has 24 heavy (non-hydrogen) atoms. The quantitative estimate of drug-likeness (QED) is 0.710. The van der Waals surface area contributed by atoms with Gasteiger partial charge in [-0.15, -0.1) is 0 Å². The summed E-state index contributed by atoms with van der Waals surface area (Å²) in [7, 11) is 3.44. The molecule has 0 fully saturated rings. The molecule has 1 aromatic carbocycles. The molecular weight excluding hydrogens is 306 g/mol. The van der Waals surface area contributed by atoms with Gasteiger partial charge in [0, 0.05) is 33.4 Å². The van der Waals surface area contributed by atoms with Crippen molar-refractivity contribution in [3.05, 3.63) is 35.4 Å². The Balaban J connectivity index is 1.73. The third kappa shape index (κ3) is 5.62. The largest absolute Gasteiger partial charge is 0.385 e. The lowest BCUT2D eigenvalue weighted by molar-refractivity contribution is -0.133. The SMILES string of the molecule is COCCCNC(=O)CN(C)CC(=O)N1CCc2ccccc2C1. The Bertz CT molecular complexity index is 562. The summed E-state index contributed by atoms with van der Waals surface area (Å²) >= 11 is 0. The molecule has 2 rings (SSSR count). The van der Waals surface area contributed by atoms with Gasteiger partial charge in [0.25, 0.3) is 0 Å². The molecule has 2 amide bonds. The number of fused-ring (bicyclic) bond motifs is 1. The zero-order valence-electron chi connectivity index (χ0n) is 14.6. The molecule has 0 saturated heterocycles. The van der Waals surface area contributed by atoms with Crippen LogP contribution in [0.2, 0.25) is 0 Å². The monoisotopic (exact) mass is 333 g/mol. The summed E-state index contributed by atoms with van der Waals surface area (Å²) in [6, 6.07) is 8.24. The zero-order chi connectivity index (χ0) is 17.4. The fraction of sp³-hybridized carbons (Fsp3) is 0.556. The number of hydrogen-bond donors (Lipinski definition) is 1. The van der Waals surface area contributed by atoms with Gasteiger partial charge in [0.1, 0.15) is 0 Å². The molecule has 0 bridgehead atoms. The molecule has 0 spiro atoms. The number of rotatable bonds is 8. The van der Waals surface area contributed by atoms with Crippen molar-refractivity contribution in [1.29, 1.82) is 0 Å². The number of ether oxygens (including phenoxy) is 1. The average Bonchev–Trinajstić information content (AvgIpc) is 2.58. The molecule has 1 aromatic rings. The third-order valence-electron chi connectivity index (χ3n) is 4.15. The molecule has 0 aromatic heterocycles. The highest BCUT2D eigenvalue weighted by Gasteiger charge is 2.21. The second-order valence-corrected chi connectivity index (χ2v) is 6.20. The molecule has 0 saturated carbocycles. The Labute approximate surface area is 143 Å². The number of nitrogens with zero attached hydrogens (tertiary/aromatic N) is 2. The normalized spacial score (nSPS) is 13.7. The fourth-order valence-electron chi connectivity index (χ4n) is 2.84. The van der Waals surface area contributed by atoms with Gasteiger partial charge in [-0.05, 0) is 31.0 Å². The first-order chi connectivity index (χ1) is 11.6. The number of hydrogen-bond acceptors (Lipinski definition) is 4. The van der Waals surface area contributed by atoms with Crippen LogP contribution in [0.4, 0.5) is 0 Å². The van der Waals surface area contributed by atoms with E-state index >= 15 is 0 Å². The first-order valence-electron chi connectivity index (χ1n) is 8.39. The van der Waals surface area contributed by atoms with Crippen molar-refractivity contribution in [3.8, 4) is 0 Å². The Hall–Kier alpha value is -1.92. The number of nitrogens with one attached hydrogen (secondary N) is 1. The maximum absolute atomic E-state index is 12.4. The van der Waals surface area contributed by atoms with Gasteiger partial charge in [0.2, 0.25) is 11.8 Å². The molecular formula is C18H27N3O3. The maximum Gasteiger partial charge on any atom is 0.237 e. The minimum atomic E-state index is -0.0645. The fourth-order valence-corrected chi connectivity index (χ4v) is 2.84. The first kappa shape index (κ1) is 18.4. The van der Waals surface area contributed by atoms with Gasteiger partial charge in [-0.1, -0.05) is 24.3 Å². The van der Waals surface area contributed by atoms with E-state index in [-0.39, 0.29) is 24.9 Å². The van der Waals surface area contributed by atoms with Crippen LogP contribution >= 0.6 is 0 Å². The van der Waals surface area contributed by atoms with Crippen molar-refractivity contribution in [2.75, 3.05) is 46.9 Å². The third-order valence-corrected chi connectivity index (χ3v) is 4.15. The van der Waals surface area contributed by atoms with Crippen molar-refractivity contribution in [2.45, 2.75) is 19.4 Å². The Kier molecular flexibility index (Phi) is 7.21. The van der Waals surface area contributed by atoms with Crippen molar-refractivity contribution < 1.29 is 14.3 Å². The molecule has 1 aliphatic rings. The first-order valence-corrected chi connectivity index (χ1v) is 8.39. The molecule has 1 N–H and O–H groups in total. The highest BCUT2D eigenvalue weighted by Crippen LogP contribution is 2.18. The second-order valence-electron chi connectivity index (χ2n) is 6.20. The van der Waals surface area contributed by atoms with Gasteiger partial charge < -0.3 is 15.0 Å². The number of likely N-dealkylation sites (N-methyl/N-ethyl adjacent to an activating group) is 1. The van der Waals surface area contributed by atoms with E-state index in [9.17, 15) is 9.59 Å². The van der Waals surface area contributed by atoms with Crippen LogP contribution in [0.15, 0.2) is 24.3 Å². The smallest absolute Gasteiger partial charge is 0.237 e. The highest BCUT2D eigenvalue weighted by molar-refractivity contribution is 5.81. The summed E-state index contributed by atoms with van der Waals surface area (Å²) in [4.78, 5) is 27.9. The lowest BCUT2D eigenvalue weighted by Gasteiger charge is -2.30. The molecule has 6 heteroatoms. The average molecular weight is 333 g/mol. The number of benzene rings is 1. The van der Waals surface area contributed by atoms with E-state index in [1.54, 1.807) is 19.1 Å². The molecule has 0 aliphatic carbocycles. The highest BCUT2D eigenvalue weighted by atomic mass is 16.5. The van der Waals surface area contributed by atoms with Gasteiger partial charge in [0.15, 0.2) is 0 Å². The van der Waals surface area contributed by atoms with Crippen LogP contribution in [0.3, 0.4) is 0 Å². The van der Waals surface area contributed by atoms with Gasteiger partial charge in [-0.2, -0.15) is 0 Å². The second kappa shape index (κ2) is 9.39. The van der Waals surface area contributed by atoms with E-state index in [2.05, 4.69) is 17.4 Å². The van der Waals surface area contributed by atoms with Crippen molar-refractivity contribution in [2.24, 2.45) is 0 Å². The summed E-state index contributed by atoms with van der Waals surface area (Å²) in [6.45, 7) is 3.11. The molecule has 1 aliphatic heterocycles. The lowest BCUT2D eigenvalue weighted by Crippen LogP contribution is -2.44. The van der Waals surface area contributed by atoms with Crippen molar-refractivity contribution >= 4 is 11.8 Å². The molecule has 132 valence electrons. The minimum Gasteiger partial charge on any atom is -0.385 e. The van der Waals surface area contributed by atoms with Crippen LogP contribution in [0, 0.1) is 0 Å². The summed E-state index contributed by atoms with van der Waals surface area (Å²) in [5.41, 5.74) is 2.54. The van der Waals surface area contributed by atoms with Crippen LogP contribution in [-0.2, 0) is 27.3 Å². The van der Waals surface area contributed by atoms with E-state index in [4.69, 9.17) is 4.74 Å². The van der Waals surface area contributed by atoms with Gasteiger partial charge >= 0.3 is 0 Å². The van der Waals surface area contributed by atoms with Gasteiger partial charge in [0.05, 0.1) is 13.1 Å². The number of amides is 2. The van der Waals surface area contributed by atoms with Gasteiger partial charge in [-0.3, -0.25) is 14.5 Å². The number of carbonyl (C=O) groups excluding carboxylic acids is 2. The van der Waals surface area contributed by atoms with E-state index in [0.29, 0.717) is 19.7 Å². The molecule has 0 radical (unpaired) electrons. The van der Waals surface area contributed by atoms with Crippen LogP contribution < -0.4 is 5.32 Å². The molecule has 0 atom stereocenters. The predicted octanol–water partition coefficient (Wildman–Crippen LogP) is 0.656. The van der Waals surface area contributed by atoms with Crippen LogP contribution in [0.25, 0.3) is 0 Å². The Morgan fingerprint density at radius 3 is 2.75 bits per heavy atom. The number of methoxy groups -OCH3 is 1. The van der Waals surface area contributed by atoms with Gasteiger partial charge in [-0.25, -0.2) is 0 Å². The number of carbonyl (C=O) groups is 2. The standard InChI is InChI=1S/C18H27N3O3/c1-20(13-17(22)19-9-5-11-24-2)14-18(23)21-10-8-15-6-3-4-7-16(15)12-21/h3-4,6-7H,5,8-14H2,1-2H3,(H,19,22). The summed E-state index contributed by atoms with van der Waals surface area (Å²) in [5, 5.41) is 2.83. The molecule has 1 heterocycles.